The summed E-state index contributed by atoms with van der Waals surface area (Å²) in [7, 11) is 0. The van der Waals surface area contributed by atoms with Crippen LogP contribution in [0.25, 0.3) is 0 Å². The number of halogens is 4. The van der Waals surface area contributed by atoms with Crippen LogP contribution in [0.5, 0.6) is 11.5 Å². The monoisotopic (exact) mass is 414 g/mol. The number of hydrogen-bond donors (Lipinski definition) is 0. The first-order chi connectivity index (χ1) is 13.2. The summed E-state index contributed by atoms with van der Waals surface area (Å²) in [5.74, 6) is -0.439. The van der Waals surface area contributed by atoms with Crippen LogP contribution >= 0.6 is 11.6 Å². The van der Waals surface area contributed by atoms with Gasteiger partial charge in [-0.1, -0.05) is 11.6 Å². The molecule has 1 aliphatic rings. The number of amides is 1. The molecular formula is C18H14ClF3N2O4. The number of hydrogen-bond acceptors (Lipinski definition) is 4. The molecule has 28 heavy (non-hydrogen) atoms. The number of likely N-dealkylation sites (tertiary alicyclic amines) is 1. The Kier molecular flexibility index (Phi) is 5.46. The molecule has 148 valence electrons. The minimum atomic E-state index is -4.84. The van der Waals surface area contributed by atoms with Crippen molar-refractivity contribution in [3.05, 3.63) is 62.7 Å². The summed E-state index contributed by atoms with van der Waals surface area (Å²) >= 11 is 5.62. The van der Waals surface area contributed by atoms with Gasteiger partial charge in [-0.3, -0.25) is 14.9 Å². The van der Waals surface area contributed by atoms with E-state index < -0.39 is 33.1 Å². The largest absolute Gasteiger partial charge is 0.450 e. The molecule has 0 bridgehead atoms. The number of carbonyl (C=O) groups excluding carboxylic acids is 1. The number of nitro groups is 1. The predicted octanol–water partition coefficient (Wildman–Crippen LogP) is 5.30. The van der Waals surface area contributed by atoms with Gasteiger partial charge in [0.2, 0.25) is 5.75 Å². The van der Waals surface area contributed by atoms with Crippen molar-refractivity contribution in [1.82, 2.24) is 4.90 Å². The van der Waals surface area contributed by atoms with Crippen molar-refractivity contribution in [3.8, 4) is 11.5 Å². The molecule has 0 unspecified atom stereocenters. The zero-order chi connectivity index (χ0) is 20.5. The van der Waals surface area contributed by atoms with Crippen molar-refractivity contribution in [1.29, 1.82) is 0 Å². The molecule has 1 saturated heterocycles. The Morgan fingerprint density at radius 3 is 2.29 bits per heavy atom. The van der Waals surface area contributed by atoms with Crippen LogP contribution in [-0.4, -0.2) is 28.8 Å². The summed E-state index contributed by atoms with van der Waals surface area (Å²) in [5, 5.41) is 10.4. The maximum Gasteiger partial charge on any atom is 0.418 e. The molecule has 6 nitrogen and oxygen atoms in total. The van der Waals surface area contributed by atoms with Crippen LogP contribution in [0.1, 0.15) is 28.8 Å². The SMILES string of the molecule is O=C(c1ccc(Oc2cc(Cl)c(C(F)(F)F)cc2[N+](=O)[O-])cc1)N1CCCC1. The number of benzene rings is 2. The van der Waals surface area contributed by atoms with Gasteiger partial charge in [-0.05, 0) is 37.1 Å². The maximum absolute atomic E-state index is 12.9. The molecule has 1 heterocycles. The highest BCUT2D eigenvalue weighted by molar-refractivity contribution is 6.31. The lowest BCUT2D eigenvalue weighted by Gasteiger charge is -2.15. The van der Waals surface area contributed by atoms with Crippen molar-refractivity contribution >= 4 is 23.2 Å². The number of nitrogens with zero attached hydrogens (tertiary/aromatic N) is 2. The zero-order valence-electron chi connectivity index (χ0n) is 14.3. The van der Waals surface area contributed by atoms with Crippen molar-refractivity contribution in [2.24, 2.45) is 0 Å². The highest BCUT2D eigenvalue weighted by Crippen LogP contribution is 2.42. The lowest BCUT2D eigenvalue weighted by atomic mass is 10.1. The van der Waals surface area contributed by atoms with E-state index in [0.717, 1.165) is 18.9 Å². The molecule has 2 aromatic carbocycles. The summed E-state index contributed by atoms with van der Waals surface area (Å²) in [4.78, 5) is 24.2. The first kappa shape index (κ1) is 19.9. The van der Waals surface area contributed by atoms with Crippen molar-refractivity contribution in [3.63, 3.8) is 0 Å². The van der Waals surface area contributed by atoms with Gasteiger partial charge in [0.05, 0.1) is 15.5 Å². The first-order valence-electron chi connectivity index (χ1n) is 8.29. The van der Waals surface area contributed by atoms with Gasteiger partial charge >= 0.3 is 11.9 Å². The van der Waals surface area contributed by atoms with Gasteiger partial charge in [-0.2, -0.15) is 13.2 Å². The average Bonchev–Trinajstić information content (AvgIpc) is 3.15. The van der Waals surface area contributed by atoms with Crippen LogP contribution < -0.4 is 4.74 Å². The molecule has 0 saturated carbocycles. The van der Waals surface area contributed by atoms with Gasteiger partial charge in [0.25, 0.3) is 5.91 Å². The summed E-state index contributed by atoms with van der Waals surface area (Å²) < 4.78 is 44.1. The molecule has 1 fully saturated rings. The van der Waals surface area contributed by atoms with E-state index in [1.807, 2.05) is 0 Å². The highest BCUT2D eigenvalue weighted by Gasteiger charge is 2.36. The fourth-order valence-corrected chi connectivity index (χ4v) is 3.14. The number of nitro benzene ring substituents is 1. The normalized spacial score (nSPS) is 14.2. The molecule has 0 aromatic heterocycles. The fraction of sp³-hybridized carbons (Fsp3) is 0.278. The van der Waals surface area contributed by atoms with Crippen LogP contribution in [0.2, 0.25) is 5.02 Å². The van der Waals surface area contributed by atoms with E-state index in [9.17, 15) is 28.1 Å². The summed E-state index contributed by atoms with van der Waals surface area (Å²) in [6.07, 6.45) is -2.94. The number of ether oxygens (including phenoxy) is 1. The van der Waals surface area contributed by atoms with E-state index in [4.69, 9.17) is 16.3 Å². The Hall–Kier alpha value is -2.81. The second-order valence-corrected chi connectivity index (χ2v) is 6.59. The maximum atomic E-state index is 12.9. The van der Waals surface area contributed by atoms with Crippen LogP contribution in [0, 0.1) is 10.1 Å². The van der Waals surface area contributed by atoms with Crippen molar-refractivity contribution in [2.45, 2.75) is 19.0 Å². The molecule has 0 N–H and O–H groups in total. The Balaban J connectivity index is 1.86. The Bertz CT molecular complexity index is 910. The molecule has 0 atom stereocenters. The van der Waals surface area contributed by atoms with Crippen molar-refractivity contribution < 1.29 is 27.6 Å². The number of alkyl halides is 3. The minimum absolute atomic E-state index is 0.122. The van der Waals surface area contributed by atoms with Gasteiger partial charge in [-0.15, -0.1) is 0 Å². The molecule has 1 aliphatic heterocycles. The summed E-state index contributed by atoms with van der Waals surface area (Å²) in [5.41, 5.74) is -1.76. The molecule has 0 radical (unpaired) electrons. The molecule has 2 aromatic rings. The average molecular weight is 415 g/mol. The van der Waals surface area contributed by atoms with Gasteiger partial charge in [0.15, 0.2) is 0 Å². The second-order valence-electron chi connectivity index (χ2n) is 6.18. The topological polar surface area (TPSA) is 72.7 Å². The summed E-state index contributed by atoms with van der Waals surface area (Å²) in [6, 6.07) is 6.91. The van der Waals surface area contributed by atoms with Crippen LogP contribution in [-0.2, 0) is 6.18 Å². The standard InChI is InChI=1S/C18H14ClF3N2O4/c19-14-10-16(15(24(26)27)9-13(14)18(20,21)22)28-12-5-3-11(4-6-12)17(25)23-7-1-2-8-23/h3-6,9-10H,1-2,7-8H2. The number of carbonyl (C=O) groups is 1. The first-order valence-corrected chi connectivity index (χ1v) is 8.67. The van der Waals surface area contributed by atoms with E-state index in [1.54, 1.807) is 4.90 Å². The quantitative estimate of drug-likeness (QED) is 0.503. The van der Waals surface area contributed by atoms with E-state index in [2.05, 4.69) is 0 Å². The van der Waals surface area contributed by atoms with Crippen LogP contribution in [0.3, 0.4) is 0 Å². The lowest BCUT2D eigenvalue weighted by molar-refractivity contribution is -0.385. The number of rotatable bonds is 4. The molecule has 0 aliphatic carbocycles. The van der Waals surface area contributed by atoms with Crippen molar-refractivity contribution in [2.75, 3.05) is 13.1 Å². The second kappa shape index (κ2) is 7.67. The Morgan fingerprint density at radius 2 is 1.75 bits per heavy atom. The van der Waals surface area contributed by atoms with Crippen LogP contribution in [0.15, 0.2) is 36.4 Å². The third kappa shape index (κ3) is 4.19. The smallest absolute Gasteiger partial charge is 0.418 e. The van der Waals surface area contributed by atoms with E-state index >= 15 is 0 Å². The highest BCUT2D eigenvalue weighted by atomic mass is 35.5. The van der Waals surface area contributed by atoms with Gasteiger partial charge < -0.3 is 9.64 Å². The van der Waals surface area contributed by atoms with Gasteiger partial charge in [0, 0.05) is 30.8 Å². The van der Waals surface area contributed by atoms with E-state index in [1.165, 1.54) is 24.3 Å². The van der Waals surface area contributed by atoms with E-state index in [-0.39, 0.29) is 11.7 Å². The predicted molar refractivity (Wildman–Crippen MR) is 94.8 cm³/mol. The van der Waals surface area contributed by atoms with Gasteiger partial charge in [0.1, 0.15) is 5.75 Å². The minimum Gasteiger partial charge on any atom is -0.450 e. The third-order valence-electron chi connectivity index (χ3n) is 4.27. The summed E-state index contributed by atoms with van der Waals surface area (Å²) in [6.45, 7) is 1.38. The van der Waals surface area contributed by atoms with Crippen LogP contribution in [0.4, 0.5) is 18.9 Å². The fourth-order valence-electron chi connectivity index (χ4n) is 2.88. The third-order valence-corrected chi connectivity index (χ3v) is 4.59. The molecule has 10 heteroatoms. The Morgan fingerprint density at radius 1 is 1.14 bits per heavy atom. The molecular weight excluding hydrogens is 401 g/mol. The molecule has 3 rings (SSSR count). The van der Waals surface area contributed by atoms with E-state index in [0.29, 0.717) is 24.7 Å². The van der Waals surface area contributed by atoms with Gasteiger partial charge in [-0.25, -0.2) is 0 Å². The lowest BCUT2D eigenvalue weighted by Crippen LogP contribution is -2.27. The zero-order valence-corrected chi connectivity index (χ0v) is 15.1. The molecule has 1 amide bonds. The Labute approximate surface area is 162 Å². The molecule has 0 spiro atoms.